The fraction of sp³-hybridized carbons (Fsp3) is 0.773. The van der Waals surface area contributed by atoms with Gasteiger partial charge in [0.2, 0.25) is 17.7 Å². The molecule has 0 radical (unpaired) electrons. The Labute approximate surface area is 206 Å². The first-order valence-electron chi connectivity index (χ1n) is 11.5. The SMILES string of the molecule is CC(C)C[C@H](NC(=O)[C@@H](NC(=O)[C@@H](N)CC(=O)O)C(C)C)C(=O)N[C@@H](CCCCN)C(=O)CCl. The molecule has 11 nitrogen and oxygen atoms in total. The van der Waals surface area contributed by atoms with E-state index in [2.05, 4.69) is 16.0 Å². The summed E-state index contributed by atoms with van der Waals surface area (Å²) < 4.78 is 0. The second kappa shape index (κ2) is 16.4. The molecular weight excluding hydrogens is 466 g/mol. The molecule has 3 amide bonds. The molecule has 4 atom stereocenters. The van der Waals surface area contributed by atoms with Gasteiger partial charge >= 0.3 is 5.97 Å². The highest BCUT2D eigenvalue weighted by molar-refractivity contribution is 6.28. The summed E-state index contributed by atoms with van der Waals surface area (Å²) in [6.45, 7) is 7.60. The summed E-state index contributed by atoms with van der Waals surface area (Å²) in [6, 6.07) is -4.12. The second-order valence-electron chi connectivity index (χ2n) is 9.07. The van der Waals surface area contributed by atoms with Gasteiger partial charge in [-0.05, 0) is 44.1 Å². The molecule has 0 saturated carbocycles. The molecular formula is C22H40ClN5O6. The Balaban J connectivity index is 5.47. The zero-order valence-electron chi connectivity index (χ0n) is 20.4. The number of nitrogens with one attached hydrogen (secondary N) is 3. The van der Waals surface area contributed by atoms with Crippen LogP contribution < -0.4 is 27.4 Å². The number of carbonyl (C=O) groups excluding carboxylic acids is 4. The number of amides is 3. The number of rotatable bonds is 17. The number of ketones is 1. The van der Waals surface area contributed by atoms with Crippen molar-refractivity contribution < 1.29 is 29.1 Å². The Morgan fingerprint density at radius 2 is 1.47 bits per heavy atom. The van der Waals surface area contributed by atoms with Crippen LogP contribution in [0.2, 0.25) is 0 Å². The number of Topliss-reactive ketones (excluding diaryl/α,β-unsaturated/α-hetero) is 1. The van der Waals surface area contributed by atoms with Crippen LogP contribution in [0.15, 0.2) is 0 Å². The molecule has 0 saturated heterocycles. The Bertz CT molecular complexity index is 703. The molecule has 0 aromatic carbocycles. The van der Waals surface area contributed by atoms with Crippen molar-refractivity contribution in [1.29, 1.82) is 0 Å². The molecule has 0 aliphatic carbocycles. The molecule has 196 valence electrons. The lowest BCUT2D eigenvalue weighted by Gasteiger charge is -2.28. The molecule has 8 N–H and O–H groups in total. The predicted octanol–water partition coefficient (Wildman–Crippen LogP) is -0.118. The van der Waals surface area contributed by atoms with Crippen molar-refractivity contribution in [3.63, 3.8) is 0 Å². The number of unbranched alkanes of at least 4 members (excludes halogenated alkanes) is 1. The number of hydrogen-bond acceptors (Lipinski definition) is 7. The summed E-state index contributed by atoms with van der Waals surface area (Å²) in [7, 11) is 0. The predicted molar refractivity (Wildman–Crippen MR) is 129 cm³/mol. The van der Waals surface area contributed by atoms with Crippen molar-refractivity contribution in [3.05, 3.63) is 0 Å². The Morgan fingerprint density at radius 1 is 0.882 bits per heavy atom. The van der Waals surface area contributed by atoms with Crippen LogP contribution in [0, 0.1) is 11.8 Å². The summed E-state index contributed by atoms with van der Waals surface area (Å²) in [5.41, 5.74) is 11.1. The average molecular weight is 506 g/mol. The number of carboxylic acid groups (broad SMARTS) is 1. The van der Waals surface area contributed by atoms with Gasteiger partial charge in [0.1, 0.15) is 12.1 Å². The van der Waals surface area contributed by atoms with E-state index in [9.17, 15) is 24.0 Å². The van der Waals surface area contributed by atoms with E-state index in [-0.39, 0.29) is 23.5 Å². The number of carbonyl (C=O) groups is 5. The molecule has 12 heteroatoms. The highest BCUT2D eigenvalue weighted by Gasteiger charge is 2.32. The van der Waals surface area contributed by atoms with Gasteiger partial charge in [0, 0.05) is 0 Å². The number of alkyl halides is 1. The van der Waals surface area contributed by atoms with E-state index in [0.717, 1.165) is 0 Å². The molecule has 0 unspecified atom stereocenters. The van der Waals surface area contributed by atoms with Gasteiger partial charge in [0.15, 0.2) is 5.78 Å². The van der Waals surface area contributed by atoms with Crippen LogP contribution >= 0.6 is 11.6 Å². The lowest BCUT2D eigenvalue weighted by Crippen LogP contribution is -2.58. The van der Waals surface area contributed by atoms with Crippen LogP contribution in [-0.2, 0) is 24.0 Å². The lowest BCUT2D eigenvalue weighted by atomic mass is 9.98. The Morgan fingerprint density at radius 3 is 1.94 bits per heavy atom. The molecule has 0 spiro atoms. The number of nitrogens with two attached hydrogens (primary N) is 2. The van der Waals surface area contributed by atoms with E-state index >= 15 is 0 Å². The minimum atomic E-state index is -1.32. The van der Waals surface area contributed by atoms with Crippen LogP contribution in [-0.4, -0.2) is 71.2 Å². The average Bonchev–Trinajstić information content (AvgIpc) is 2.74. The van der Waals surface area contributed by atoms with Crippen LogP contribution in [0.3, 0.4) is 0 Å². The Hall–Kier alpha value is -2.24. The molecule has 34 heavy (non-hydrogen) atoms. The van der Waals surface area contributed by atoms with Gasteiger partial charge in [0.05, 0.1) is 24.4 Å². The number of carboxylic acids is 1. The second-order valence-corrected chi connectivity index (χ2v) is 9.34. The smallest absolute Gasteiger partial charge is 0.305 e. The lowest BCUT2D eigenvalue weighted by molar-refractivity contribution is -0.140. The maximum Gasteiger partial charge on any atom is 0.305 e. The highest BCUT2D eigenvalue weighted by atomic mass is 35.5. The largest absolute Gasteiger partial charge is 0.481 e. The normalized spacial score (nSPS) is 14.7. The summed E-state index contributed by atoms with van der Waals surface area (Å²) in [4.78, 5) is 61.3. The van der Waals surface area contributed by atoms with Gasteiger partial charge < -0.3 is 32.5 Å². The third-order valence-corrected chi connectivity index (χ3v) is 5.37. The van der Waals surface area contributed by atoms with Gasteiger partial charge in [-0.3, -0.25) is 24.0 Å². The minimum absolute atomic E-state index is 0.0338. The summed E-state index contributed by atoms with van der Waals surface area (Å²) >= 11 is 5.69. The fourth-order valence-corrected chi connectivity index (χ4v) is 3.40. The third kappa shape index (κ3) is 12.3. The molecule has 0 rings (SSSR count). The highest BCUT2D eigenvalue weighted by Crippen LogP contribution is 2.10. The van der Waals surface area contributed by atoms with E-state index < -0.39 is 54.3 Å². The Kier molecular flexibility index (Phi) is 15.3. The number of hydrogen-bond donors (Lipinski definition) is 6. The first kappa shape index (κ1) is 31.8. The van der Waals surface area contributed by atoms with Crippen molar-refractivity contribution in [3.8, 4) is 0 Å². The third-order valence-electron chi connectivity index (χ3n) is 5.10. The monoisotopic (exact) mass is 505 g/mol. The van der Waals surface area contributed by atoms with Crippen molar-refractivity contribution in [2.75, 3.05) is 12.4 Å². The van der Waals surface area contributed by atoms with Crippen LogP contribution in [0.4, 0.5) is 0 Å². The van der Waals surface area contributed by atoms with Crippen molar-refractivity contribution in [2.45, 2.75) is 84.0 Å². The maximum absolute atomic E-state index is 13.0. The molecule has 0 aliphatic rings. The van der Waals surface area contributed by atoms with Gasteiger partial charge in [-0.15, -0.1) is 11.6 Å². The topological polar surface area (TPSA) is 194 Å². The summed E-state index contributed by atoms with van der Waals surface area (Å²) in [5, 5.41) is 16.6. The van der Waals surface area contributed by atoms with E-state index in [1.165, 1.54) is 0 Å². The van der Waals surface area contributed by atoms with Gasteiger partial charge in [-0.2, -0.15) is 0 Å². The first-order chi connectivity index (χ1) is 15.8. The summed E-state index contributed by atoms with van der Waals surface area (Å²) in [6.07, 6.45) is 1.40. The molecule has 0 aliphatic heterocycles. The van der Waals surface area contributed by atoms with Crippen molar-refractivity contribution >= 4 is 41.1 Å². The van der Waals surface area contributed by atoms with Crippen molar-refractivity contribution in [1.82, 2.24) is 16.0 Å². The molecule has 0 aromatic rings. The number of aliphatic carboxylic acids is 1. The summed E-state index contributed by atoms with van der Waals surface area (Å²) in [5.74, 6) is -4.10. The van der Waals surface area contributed by atoms with E-state index in [0.29, 0.717) is 32.2 Å². The zero-order chi connectivity index (χ0) is 26.4. The van der Waals surface area contributed by atoms with Gasteiger partial charge in [-0.25, -0.2) is 0 Å². The van der Waals surface area contributed by atoms with Crippen LogP contribution in [0.25, 0.3) is 0 Å². The molecule has 0 heterocycles. The fourth-order valence-electron chi connectivity index (χ4n) is 3.21. The van der Waals surface area contributed by atoms with E-state index in [1.807, 2.05) is 13.8 Å². The van der Waals surface area contributed by atoms with E-state index in [4.69, 9.17) is 28.2 Å². The van der Waals surface area contributed by atoms with E-state index in [1.54, 1.807) is 13.8 Å². The molecule has 0 fully saturated rings. The first-order valence-corrected chi connectivity index (χ1v) is 12.0. The maximum atomic E-state index is 13.0. The minimum Gasteiger partial charge on any atom is -0.481 e. The van der Waals surface area contributed by atoms with Crippen LogP contribution in [0.5, 0.6) is 0 Å². The van der Waals surface area contributed by atoms with Crippen LogP contribution in [0.1, 0.15) is 59.8 Å². The zero-order valence-corrected chi connectivity index (χ0v) is 21.2. The van der Waals surface area contributed by atoms with Crippen molar-refractivity contribution in [2.24, 2.45) is 23.3 Å². The quantitative estimate of drug-likeness (QED) is 0.116. The van der Waals surface area contributed by atoms with Gasteiger partial charge in [0.25, 0.3) is 0 Å². The standard InChI is InChI=1S/C22H40ClN5O6/c1-12(2)9-16(21(33)26-15(17(29)11-23)7-5-6-8-24)27-22(34)19(13(3)4)28-20(32)14(25)10-18(30)31/h12-16,19H,5-11,24-25H2,1-4H3,(H,26,33)(H,27,34)(H,28,32)(H,30,31)/t14-,15-,16-,19-/m0/s1. The number of halogens is 1. The molecule has 0 bridgehead atoms. The molecule has 0 aromatic heterocycles. The van der Waals surface area contributed by atoms with Gasteiger partial charge in [-0.1, -0.05) is 27.7 Å².